The zero-order chi connectivity index (χ0) is 61.9. The number of sulfone groups is 2. The lowest BCUT2D eigenvalue weighted by molar-refractivity contribution is -0.181. The van der Waals surface area contributed by atoms with E-state index in [4.69, 9.17) is 55.9 Å². The molecule has 16 nitrogen and oxygen atoms in total. The van der Waals surface area contributed by atoms with Crippen molar-refractivity contribution in [3.63, 3.8) is 0 Å². The van der Waals surface area contributed by atoms with Crippen molar-refractivity contribution in [2.75, 3.05) is 22.1 Å². The second kappa shape index (κ2) is 27.8. The minimum absolute atomic E-state index is 0. The summed E-state index contributed by atoms with van der Waals surface area (Å²) in [6.45, 7) is 10.0. The Morgan fingerprint density at radius 2 is 0.874 bits per heavy atom. The van der Waals surface area contributed by atoms with E-state index >= 15 is 0 Å². The Bertz CT molecular complexity index is 3390. The number of morpholine rings is 2. The molecule has 10 rings (SSSR count). The average molecular weight is 1310 g/mol. The Labute approximate surface area is 530 Å². The van der Waals surface area contributed by atoms with Gasteiger partial charge in [-0.25, -0.2) is 26.8 Å². The third-order valence-corrected chi connectivity index (χ3v) is 22.2. The molecule has 2 aromatic heterocycles. The molecule has 0 bridgehead atoms. The molecule has 2 saturated heterocycles. The largest absolute Gasteiger partial charge is 0.357 e. The van der Waals surface area contributed by atoms with Crippen LogP contribution in [0.4, 0.5) is 11.6 Å². The number of aromatic nitrogens is 2. The zero-order valence-corrected chi connectivity index (χ0v) is 53.1. The molecule has 4 aliphatic rings. The third kappa shape index (κ3) is 16.5. The van der Waals surface area contributed by atoms with Gasteiger partial charge in [0.15, 0.2) is 19.7 Å². The van der Waals surface area contributed by atoms with E-state index in [0.717, 1.165) is 36.8 Å². The Hall–Kier alpha value is -5.96. The van der Waals surface area contributed by atoms with Gasteiger partial charge in [-0.3, -0.25) is 19.2 Å². The normalized spacial score (nSPS) is 21.6. The van der Waals surface area contributed by atoms with Crippen LogP contribution in [0.1, 0.15) is 134 Å². The molecule has 4 aromatic carbocycles. The zero-order valence-electron chi connectivity index (χ0n) is 48.5. The molecule has 8 atom stereocenters. The van der Waals surface area contributed by atoms with Gasteiger partial charge in [-0.2, -0.15) is 0 Å². The van der Waals surface area contributed by atoms with Crippen molar-refractivity contribution < 1.29 is 45.5 Å². The van der Waals surface area contributed by atoms with Crippen molar-refractivity contribution in [3.8, 4) is 0 Å². The van der Waals surface area contributed by atoms with Crippen LogP contribution in [-0.4, -0.2) is 106 Å². The number of carbonyl (C=O) groups is 4. The molecule has 6 aromatic rings. The summed E-state index contributed by atoms with van der Waals surface area (Å²) >= 11 is 25.3. The van der Waals surface area contributed by atoms with Crippen molar-refractivity contribution in [1.29, 1.82) is 0 Å². The SMILES string of the molecule is C.CC(C)(C)S(=O)(=O)C[C@H](C1CC1)N1C(=O)[C@@H](CC(=O)Nc2ccccn2)O[C@H](c2cccc(Cl)c2)[C@H]1c1ccc(Cl)cc1.CC(C)(C)S(=O)(=O)C[C@H](C1CC1)N1C(=O)[C@H](CC(=O)Nc2ccccn2)O[C@H](c2cccc(Cl)c2)[C@H]1c1ccc(Cl)cc1. The van der Waals surface area contributed by atoms with Crippen LogP contribution < -0.4 is 10.6 Å². The topological polar surface area (TPSA) is 211 Å². The number of anilines is 2. The predicted molar refractivity (Wildman–Crippen MR) is 342 cm³/mol. The highest BCUT2D eigenvalue weighted by Crippen LogP contribution is 2.51. The standard InChI is InChI=1S/2C32H35Cl2N3O5S.CH4/c2*1-32(2,3)43(40,41)19-25(20-10-11-20)37-29(21-12-14-23(33)15-13-21)30(22-7-6-8-24(34)17-22)42-26(31(37)39)18-28(38)36-27-9-4-5-16-35-27;/h2*4-9,12-17,20,25-26,29-30H,10-11,18-19H2,1-3H3,(H,35,36,38);1H4/t25-,26+,29-,30-;25-,26-,29-,30-;/m11./s1. The average Bonchev–Trinajstić information content (AvgIpc) is 1.79. The molecule has 2 saturated carbocycles. The molecule has 4 amide bonds. The first kappa shape index (κ1) is 67.0. The first-order chi connectivity index (χ1) is 40.7. The van der Waals surface area contributed by atoms with Crippen LogP contribution in [0.3, 0.4) is 0 Å². The van der Waals surface area contributed by atoms with Gasteiger partial charge in [0.1, 0.15) is 36.1 Å². The van der Waals surface area contributed by atoms with Crippen molar-refractivity contribution in [2.45, 2.75) is 146 Å². The van der Waals surface area contributed by atoms with Crippen molar-refractivity contribution in [3.05, 3.63) is 188 Å². The maximum absolute atomic E-state index is 14.5. The first-order valence-electron chi connectivity index (χ1n) is 28.5. The number of carbonyl (C=O) groups excluding carboxylic acids is 4. The number of pyridine rings is 2. The molecule has 2 aliphatic heterocycles. The smallest absolute Gasteiger partial charge is 0.253 e. The summed E-state index contributed by atoms with van der Waals surface area (Å²) in [5, 5.41) is 7.47. The fourth-order valence-corrected chi connectivity index (χ4v) is 14.2. The van der Waals surface area contributed by atoms with Crippen LogP contribution in [0.25, 0.3) is 0 Å². The second-order valence-electron chi connectivity index (χ2n) is 24.2. The number of hydrogen-bond donors (Lipinski definition) is 2. The van der Waals surface area contributed by atoms with E-state index in [2.05, 4.69) is 20.6 Å². The number of rotatable bonds is 18. The maximum atomic E-state index is 14.5. The summed E-state index contributed by atoms with van der Waals surface area (Å²) in [6.07, 6.45) is 1.92. The van der Waals surface area contributed by atoms with Crippen molar-refractivity contribution >= 4 is 101 Å². The number of halogens is 4. The predicted octanol–water partition coefficient (Wildman–Crippen LogP) is 13.5. The highest BCUT2D eigenvalue weighted by atomic mass is 35.5. The van der Waals surface area contributed by atoms with Crippen LogP contribution >= 0.6 is 46.4 Å². The number of nitrogens with zero attached hydrogens (tertiary/aromatic N) is 4. The van der Waals surface area contributed by atoms with Gasteiger partial charge >= 0.3 is 0 Å². The highest BCUT2D eigenvalue weighted by molar-refractivity contribution is 7.93. The van der Waals surface area contributed by atoms with E-state index in [-0.39, 0.29) is 43.6 Å². The molecular formula is C65H74Cl4N6O10S2. The maximum Gasteiger partial charge on any atom is 0.253 e. The first-order valence-corrected chi connectivity index (χ1v) is 33.3. The van der Waals surface area contributed by atoms with E-state index in [1.54, 1.807) is 161 Å². The third-order valence-electron chi connectivity index (χ3n) is 15.9. The Kier molecular flexibility index (Phi) is 21.4. The van der Waals surface area contributed by atoms with Crippen LogP contribution in [0.2, 0.25) is 20.1 Å². The van der Waals surface area contributed by atoms with Gasteiger partial charge in [-0.05, 0) is 174 Å². The summed E-state index contributed by atoms with van der Waals surface area (Å²) in [7, 11) is -7.24. The van der Waals surface area contributed by atoms with E-state index in [0.29, 0.717) is 42.9 Å². The van der Waals surface area contributed by atoms with Gasteiger partial charge in [0, 0.05) is 44.6 Å². The summed E-state index contributed by atoms with van der Waals surface area (Å²) in [5.74, 6) is -1.47. The number of benzene rings is 4. The summed E-state index contributed by atoms with van der Waals surface area (Å²) in [4.78, 5) is 66.9. The number of ether oxygens (including phenoxy) is 2. The molecule has 4 fully saturated rings. The van der Waals surface area contributed by atoms with Crippen LogP contribution in [-0.2, 0) is 48.3 Å². The van der Waals surface area contributed by atoms with E-state index in [1.807, 2.05) is 36.4 Å². The molecule has 22 heteroatoms. The van der Waals surface area contributed by atoms with Crippen LogP contribution in [0, 0.1) is 11.8 Å². The number of hydrogen-bond acceptors (Lipinski definition) is 12. The molecule has 0 spiro atoms. The van der Waals surface area contributed by atoms with Gasteiger partial charge < -0.3 is 29.9 Å². The van der Waals surface area contributed by atoms with Gasteiger partial charge in [0.2, 0.25) is 11.8 Å². The second-order valence-corrected chi connectivity index (χ2v) is 31.5. The summed E-state index contributed by atoms with van der Waals surface area (Å²) in [6, 6.07) is 36.2. The molecule has 4 heterocycles. The van der Waals surface area contributed by atoms with Crippen molar-refractivity contribution in [2.24, 2.45) is 11.8 Å². The van der Waals surface area contributed by atoms with Crippen LogP contribution in [0.5, 0.6) is 0 Å². The van der Waals surface area contributed by atoms with Crippen LogP contribution in [0.15, 0.2) is 146 Å². The van der Waals surface area contributed by atoms with Gasteiger partial charge in [0.05, 0.1) is 45.9 Å². The fourth-order valence-electron chi connectivity index (χ4n) is 10.8. The van der Waals surface area contributed by atoms with E-state index in [9.17, 15) is 36.0 Å². The van der Waals surface area contributed by atoms with E-state index < -0.39 is 101 Å². The lowest BCUT2D eigenvalue weighted by Gasteiger charge is -2.48. The minimum atomic E-state index is -3.62. The molecule has 2 aliphatic carbocycles. The van der Waals surface area contributed by atoms with Gasteiger partial charge in [-0.15, -0.1) is 0 Å². The molecule has 2 N–H and O–H groups in total. The fraction of sp³-hybridized carbons (Fsp3) is 0.415. The Morgan fingerprint density at radius 1 is 0.517 bits per heavy atom. The van der Waals surface area contributed by atoms with E-state index in [1.165, 1.54) is 0 Å². The van der Waals surface area contributed by atoms with Gasteiger partial charge in [-0.1, -0.05) is 114 Å². The quantitative estimate of drug-likeness (QED) is 0.0823. The Balaban J connectivity index is 0.000000223. The van der Waals surface area contributed by atoms with Crippen molar-refractivity contribution in [1.82, 2.24) is 19.8 Å². The molecule has 0 radical (unpaired) electrons. The summed E-state index contributed by atoms with van der Waals surface area (Å²) in [5.41, 5.74) is 2.87. The molecule has 0 unspecified atom stereocenters. The number of amides is 4. The van der Waals surface area contributed by atoms with Gasteiger partial charge in [0.25, 0.3) is 11.8 Å². The lowest BCUT2D eigenvalue weighted by Crippen LogP contribution is -2.58. The Morgan fingerprint density at radius 3 is 1.17 bits per heavy atom. The molecule has 87 heavy (non-hydrogen) atoms. The monoisotopic (exact) mass is 1300 g/mol. The summed E-state index contributed by atoms with van der Waals surface area (Å²) < 4.78 is 65.5. The molecular weight excluding hydrogens is 1230 g/mol. The number of nitrogens with one attached hydrogen (secondary N) is 2. The highest BCUT2D eigenvalue weighted by Gasteiger charge is 2.54. The lowest BCUT2D eigenvalue weighted by atomic mass is 9.89. The minimum Gasteiger partial charge on any atom is -0.357 e. The molecule has 464 valence electrons.